The van der Waals surface area contributed by atoms with E-state index in [1.807, 2.05) is 26.8 Å². The van der Waals surface area contributed by atoms with E-state index in [2.05, 4.69) is 22.4 Å². The van der Waals surface area contributed by atoms with E-state index in [4.69, 9.17) is 4.74 Å². The molecule has 0 saturated carbocycles. The van der Waals surface area contributed by atoms with Crippen molar-refractivity contribution in [3.63, 3.8) is 0 Å². The van der Waals surface area contributed by atoms with Gasteiger partial charge in [0.1, 0.15) is 18.1 Å². The van der Waals surface area contributed by atoms with Crippen molar-refractivity contribution >= 4 is 0 Å². The molecule has 0 aliphatic heterocycles. The number of nitrogens with zero attached hydrogens (tertiary/aromatic N) is 3. The largest absolute Gasteiger partial charge is 0.491 e. The van der Waals surface area contributed by atoms with Crippen LogP contribution >= 0.6 is 0 Å². The highest BCUT2D eigenvalue weighted by Gasteiger charge is 2.09. The van der Waals surface area contributed by atoms with Crippen molar-refractivity contribution in [3.05, 3.63) is 41.2 Å². The van der Waals surface area contributed by atoms with Crippen LogP contribution in [-0.4, -0.2) is 26.7 Å². The van der Waals surface area contributed by atoms with Crippen molar-refractivity contribution in [2.75, 3.05) is 6.61 Å². The van der Waals surface area contributed by atoms with Gasteiger partial charge < -0.3 is 9.84 Å². The first kappa shape index (κ1) is 14.5. The maximum absolute atomic E-state index is 9.67. The molecule has 5 nitrogen and oxygen atoms in total. The van der Waals surface area contributed by atoms with E-state index in [1.54, 1.807) is 10.9 Å². The Morgan fingerprint density at radius 1 is 1.35 bits per heavy atom. The lowest BCUT2D eigenvalue weighted by Crippen LogP contribution is -2.09. The summed E-state index contributed by atoms with van der Waals surface area (Å²) >= 11 is 0. The van der Waals surface area contributed by atoms with Gasteiger partial charge in [0.25, 0.3) is 0 Å². The van der Waals surface area contributed by atoms with E-state index in [1.165, 1.54) is 5.56 Å². The van der Waals surface area contributed by atoms with Crippen LogP contribution in [0.15, 0.2) is 24.4 Å². The molecule has 1 unspecified atom stereocenters. The average molecular weight is 275 g/mol. The zero-order valence-electron chi connectivity index (χ0n) is 12.2. The van der Waals surface area contributed by atoms with Gasteiger partial charge in [-0.3, -0.25) is 0 Å². The Balaban J connectivity index is 1.89. The Bertz CT molecular complexity index is 566. The number of aromatic nitrogens is 3. The van der Waals surface area contributed by atoms with Gasteiger partial charge in [-0.2, -0.15) is 0 Å². The molecule has 1 N–H and O–H groups in total. The van der Waals surface area contributed by atoms with Crippen LogP contribution in [0.4, 0.5) is 0 Å². The van der Waals surface area contributed by atoms with Crippen molar-refractivity contribution in [2.24, 2.45) is 0 Å². The molecule has 1 aromatic heterocycles. The molecule has 0 aliphatic rings. The van der Waals surface area contributed by atoms with Crippen molar-refractivity contribution in [3.8, 4) is 5.75 Å². The van der Waals surface area contributed by atoms with Crippen LogP contribution in [0.1, 0.15) is 36.3 Å². The molecular formula is C15H21N3O2. The van der Waals surface area contributed by atoms with E-state index in [0.717, 1.165) is 11.3 Å². The fourth-order valence-corrected chi connectivity index (χ4v) is 1.90. The summed E-state index contributed by atoms with van der Waals surface area (Å²) in [5.74, 6) is 0.902. The van der Waals surface area contributed by atoms with Gasteiger partial charge in [-0.05, 0) is 37.5 Å². The normalized spacial score (nSPS) is 12.4. The van der Waals surface area contributed by atoms with E-state index >= 15 is 0 Å². The molecule has 20 heavy (non-hydrogen) atoms. The molecule has 0 aliphatic carbocycles. The Hall–Kier alpha value is -1.88. The highest BCUT2D eigenvalue weighted by Crippen LogP contribution is 2.19. The monoisotopic (exact) mass is 275 g/mol. The molecule has 0 amide bonds. The molecule has 2 rings (SSSR count). The molecule has 108 valence electrons. The van der Waals surface area contributed by atoms with E-state index in [9.17, 15) is 5.11 Å². The predicted octanol–water partition coefficient (Wildman–Crippen LogP) is 2.42. The molecule has 1 aromatic carbocycles. The predicted molar refractivity (Wildman–Crippen MR) is 76.7 cm³/mol. The second kappa shape index (κ2) is 6.52. The number of hydrogen-bond donors (Lipinski definition) is 1. The molecular weight excluding hydrogens is 254 g/mol. The molecule has 0 bridgehead atoms. The molecule has 5 heteroatoms. The summed E-state index contributed by atoms with van der Waals surface area (Å²) in [6, 6.07) is 6.15. The Kier molecular flexibility index (Phi) is 4.74. The number of aryl methyl sites for hydroxylation is 2. The second-order valence-electron chi connectivity index (χ2n) is 4.95. The number of rotatable bonds is 6. The summed E-state index contributed by atoms with van der Waals surface area (Å²) in [4.78, 5) is 0. The van der Waals surface area contributed by atoms with Crippen molar-refractivity contribution in [2.45, 2.75) is 39.8 Å². The topological polar surface area (TPSA) is 60.2 Å². The summed E-state index contributed by atoms with van der Waals surface area (Å²) in [5.41, 5.74) is 2.91. The van der Waals surface area contributed by atoms with Gasteiger partial charge in [-0.15, -0.1) is 5.10 Å². The molecule has 2 aromatic rings. The molecule has 0 spiro atoms. The maximum Gasteiger partial charge on any atom is 0.122 e. The Morgan fingerprint density at radius 3 is 2.90 bits per heavy atom. The summed E-state index contributed by atoms with van der Waals surface area (Å²) in [6.07, 6.45) is 1.86. The Labute approximate surface area is 119 Å². The van der Waals surface area contributed by atoms with Crippen molar-refractivity contribution in [1.29, 1.82) is 0 Å². The van der Waals surface area contributed by atoms with Crippen LogP contribution < -0.4 is 4.74 Å². The van der Waals surface area contributed by atoms with E-state index in [-0.39, 0.29) is 0 Å². The average Bonchev–Trinajstić information content (AvgIpc) is 2.90. The molecule has 0 saturated heterocycles. The van der Waals surface area contributed by atoms with Crippen LogP contribution in [0, 0.1) is 13.8 Å². The van der Waals surface area contributed by atoms with Gasteiger partial charge in [0.15, 0.2) is 0 Å². The lowest BCUT2D eigenvalue weighted by atomic mass is 10.1. The van der Waals surface area contributed by atoms with Crippen LogP contribution in [0.5, 0.6) is 5.75 Å². The minimum atomic E-state index is -0.538. The quantitative estimate of drug-likeness (QED) is 0.879. The lowest BCUT2D eigenvalue weighted by Gasteiger charge is -2.09. The molecule has 0 radical (unpaired) electrons. The van der Waals surface area contributed by atoms with Gasteiger partial charge >= 0.3 is 0 Å². The standard InChI is InChI=1S/C15H21N3O2/c1-4-14(19)13-10-18(17-16-13)7-8-20-15-9-11(2)5-6-12(15)3/h5-6,9-10,14,19H,4,7-8H2,1-3H3. The Morgan fingerprint density at radius 2 is 2.15 bits per heavy atom. The molecule has 1 atom stereocenters. The minimum absolute atomic E-state index is 0.523. The summed E-state index contributed by atoms with van der Waals surface area (Å²) in [5, 5.41) is 17.6. The number of aliphatic hydroxyl groups is 1. The summed E-state index contributed by atoms with van der Waals surface area (Å²) < 4.78 is 7.46. The zero-order chi connectivity index (χ0) is 14.5. The maximum atomic E-state index is 9.67. The molecule has 1 heterocycles. The third-order valence-electron chi connectivity index (χ3n) is 3.21. The summed E-state index contributed by atoms with van der Waals surface area (Å²) in [7, 11) is 0. The van der Waals surface area contributed by atoms with Crippen LogP contribution in [0.2, 0.25) is 0 Å². The number of aliphatic hydroxyl groups excluding tert-OH is 1. The van der Waals surface area contributed by atoms with Gasteiger partial charge in [0, 0.05) is 0 Å². The zero-order valence-corrected chi connectivity index (χ0v) is 12.2. The molecule has 0 fully saturated rings. The second-order valence-corrected chi connectivity index (χ2v) is 4.95. The van der Waals surface area contributed by atoms with Crippen molar-refractivity contribution in [1.82, 2.24) is 15.0 Å². The first-order chi connectivity index (χ1) is 9.60. The SMILES string of the molecule is CCC(O)c1cn(CCOc2cc(C)ccc2C)nn1. The first-order valence-corrected chi connectivity index (χ1v) is 6.88. The van der Waals surface area contributed by atoms with E-state index in [0.29, 0.717) is 25.3 Å². The van der Waals surface area contributed by atoms with Crippen LogP contribution in [0.3, 0.4) is 0 Å². The summed E-state index contributed by atoms with van der Waals surface area (Å²) in [6.45, 7) is 7.11. The third-order valence-corrected chi connectivity index (χ3v) is 3.21. The highest BCUT2D eigenvalue weighted by molar-refractivity contribution is 5.35. The number of ether oxygens (including phenoxy) is 1. The van der Waals surface area contributed by atoms with Gasteiger partial charge in [0.2, 0.25) is 0 Å². The number of benzene rings is 1. The van der Waals surface area contributed by atoms with Crippen LogP contribution in [-0.2, 0) is 6.54 Å². The smallest absolute Gasteiger partial charge is 0.122 e. The fourth-order valence-electron chi connectivity index (χ4n) is 1.90. The van der Waals surface area contributed by atoms with Gasteiger partial charge in [-0.1, -0.05) is 24.3 Å². The highest BCUT2D eigenvalue weighted by atomic mass is 16.5. The van der Waals surface area contributed by atoms with Gasteiger partial charge in [0.05, 0.1) is 18.8 Å². The van der Waals surface area contributed by atoms with Crippen molar-refractivity contribution < 1.29 is 9.84 Å². The number of hydrogen-bond acceptors (Lipinski definition) is 4. The third kappa shape index (κ3) is 3.57. The van der Waals surface area contributed by atoms with Crippen LogP contribution in [0.25, 0.3) is 0 Å². The lowest BCUT2D eigenvalue weighted by molar-refractivity contribution is 0.168. The van der Waals surface area contributed by atoms with E-state index < -0.39 is 6.10 Å². The minimum Gasteiger partial charge on any atom is -0.491 e. The van der Waals surface area contributed by atoms with Gasteiger partial charge in [-0.25, -0.2) is 4.68 Å². The first-order valence-electron chi connectivity index (χ1n) is 6.88. The fraction of sp³-hybridized carbons (Fsp3) is 0.467.